The number of allylic oxidation sites excluding steroid dienone is 19. The first-order valence-corrected chi connectivity index (χ1v) is 26.9. The topological polar surface area (TPSA) is 108 Å². The minimum atomic E-state index is -4.58. The van der Waals surface area contributed by atoms with Crippen molar-refractivity contribution >= 4 is 13.7 Å². The Morgan fingerprint density at radius 3 is 1.35 bits per heavy atom. The number of likely N-dealkylation sites (N-methyl/N-ethyl adjacent to an activating group) is 1. The van der Waals surface area contributed by atoms with E-state index in [1.807, 2.05) is 27.2 Å². The summed E-state index contributed by atoms with van der Waals surface area (Å²) in [4.78, 5) is 25.1. The average molecular weight is 923 g/mol. The van der Waals surface area contributed by atoms with Gasteiger partial charge in [0, 0.05) is 6.42 Å². The molecule has 0 aromatic heterocycles. The first kappa shape index (κ1) is 61.9. The third-order valence-corrected chi connectivity index (χ3v) is 11.4. The molecule has 370 valence electrons. The van der Waals surface area contributed by atoms with Crippen molar-refractivity contribution in [2.75, 3.05) is 40.9 Å². The summed E-state index contributed by atoms with van der Waals surface area (Å²) in [5.41, 5.74) is 0. The lowest BCUT2D eigenvalue weighted by atomic mass is 10.0. The lowest BCUT2D eigenvalue weighted by molar-refractivity contribution is -0.870. The smallest absolute Gasteiger partial charge is 0.268 e. The van der Waals surface area contributed by atoms with Crippen molar-refractivity contribution in [3.8, 4) is 0 Å². The normalized spacial score (nSPS) is 15.1. The molecule has 0 rings (SSSR count). The van der Waals surface area contributed by atoms with Crippen LogP contribution in [0.1, 0.15) is 174 Å². The number of phosphoric acid groups is 1. The summed E-state index contributed by atoms with van der Waals surface area (Å²) >= 11 is 0. The molecule has 0 aliphatic heterocycles. The zero-order valence-electron chi connectivity index (χ0n) is 41.9. The fourth-order valence-electron chi connectivity index (χ4n) is 6.42. The van der Waals surface area contributed by atoms with E-state index in [4.69, 9.17) is 9.05 Å². The number of hydrogen-bond donors (Lipinski definition) is 2. The Hall–Kier alpha value is -3.10. The van der Waals surface area contributed by atoms with Crippen molar-refractivity contribution in [1.29, 1.82) is 0 Å². The second kappa shape index (κ2) is 46.0. The molecular weight excluding hydrogens is 828 g/mol. The molecule has 0 saturated carbocycles. The second-order valence-electron chi connectivity index (χ2n) is 17.8. The Morgan fingerprint density at radius 2 is 0.938 bits per heavy atom. The summed E-state index contributed by atoms with van der Waals surface area (Å²) in [6.45, 7) is 4.34. The Bertz CT molecular complexity index is 1460. The highest BCUT2D eigenvalue weighted by Crippen LogP contribution is 2.38. The van der Waals surface area contributed by atoms with Gasteiger partial charge < -0.3 is 28.8 Å². The van der Waals surface area contributed by atoms with Crippen LogP contribution in [0.15, 0.2) is 122 Å². The van der Waals surface area contributed by atoms with Gasteiger partial charge in [-0.05, 0) is 83.5 Å². The summed E-state index contributed by atoms with van der Waals surface area (Å²) in [6.07, 6.45) is 69.2. The molecule has 8 nitrogen and oxygen atoms in total. The number of nitrogens with one attached hydrogen (secondary N) is 1. The Labute approximate surface area is 399 Å². The summed E-state index contributed by atoms with van der Waals surface area (Å²) in [5.74, 6) is -0.217. The number of aliphatic hydroxyl groups is 1. The highest BCUT2D eigenvalue weighted by atomic mass is 31.2. The molecule has 0 aromatic rings. The molecular formula is C56H95N2O6P. The van der Waals surface area contributed by atoms with Gasteiger partial charge in [-0.2, -0.15) is 0 Å². The van der Waals surface area contributed by atoms with E-state index in [0.717, 1.165) is 103 Å². The average Bonchev–Trinajstić information content (AvgIpc) is 3.26. The van der Waals surface area contributed by atoms with Crippen molar-refractivity contribution in [2.45, 2.75) is 187 Å². The van der Waals surface area contributed by atoms with Crippen LogP contribution < -0.4 is 10.2 Å². The molecule has 65 heavy (non-hydrogen) atoms. The molecule has 0 aliphatic rings. The van der Waals surface area contributed by atoms with Crippen LogP contribution in [0.5, 0.6) is 0 Å². The fraction of sp³-hybridized carbons (Fsp3) is 0.625. The summed E-state index contributed by atoms with van der Waals surface area (Å²) < 4.78 is 23.0. The fourth-order valence-corrected chi connectivity index (χ4v) is 7.15. The van der Waals surface area contributed by atoms with Crippen LogP contribution in [-0.2, 0) is 18.4 Å². The molecule has 0 aromatic carbocycles. The molecule has 3 atom stereocenters. The van der Waals surface area contributed by atoms with E-state index in [2.05, 4.69) is 129 Å². The number of carbonyl (C=O) groups is 1. The molecule has 0 spiro atoms. The van der Waals surface area contributed by atoms with Crippen molar-refractivity contribution in [1.82, 2.24) is 5.32 Å². The molecule has 1 amide bonds. The van der Waals surface area contributed by atoms with Gasteiger partial charge in [0.25, 0.3) is 7.82 Å². The largest absolute Gasteiger partial charge is 0.756 e. The molecule has 0 aliphatic carbocycles. The molecule has 9 heteroatoms. The van der Waals surface area contributed by atoms with Crippen LogP contribution in [0, 0.1) is 0 Å². The number of amides is 1. The first-order chi connectivity index (χ1) is 31.5. The van der Waals surface area contributed by atoms with E-state index < -0.39 is 26.6 Å². The zero-order valence-corrected chi connectivity index (χ0v) is 42.8. The SMILES string of the molecule is CC/C=C\C/C=C\C/C=C\C/C=C\C/C=C\C/C=C\C/C=C\C/C=C\C/C=C\CCCCCCCCCCCCCC(=O)NC(COP(=O)([O-])OCC[N+](C)(C)C)C(O)/C=C/CCCC. The summed E-state index contributed by atoms with van der Waals surface area (Å²) in [7, 11) is 1.23. The maximum Gasteiger partial charge on any atom is 0.268 e. The van der Waals surface area contributed by atoms with Gasteiger partial charge in [-0.1, -0.05) is 206 Å². The number of quaternary nitrogens is 1. The molecule has 0 saturated heterocycles. The number of carbonyl (C=O) groups excluding carboxylic acids is 1. The van der Waals surface area contributed by atoms with E-state index >= 15 is 0 Å². The van der Waals surface area contributed by atoms with Gasteiger partial charge in [0.15, 0.2) is 0 Å². The van der Waals surface area contributed by atoms with Gasteiger partial charge in [-0.3, -0.25) is 9.36 Å². The van der Waals surface area contributed by atoms with E-state index in [1.165, 1.54) is 51.4 Å². The molecule has 0 fully saturated rings. The molecule has 0 heterocycles. The van der Waals surface area contributed by atoms with Crippen molar-refractivity contribution in [3.05, 3.63) is 122 Å². The number of phosphoric ester groups is 1. The van der Waals surface area contributed by atoms with Crippen LogP contribution in [-0.4, -0.2) is 68.5 Å². The molecule has 0 bridgehead atoms. The predicted octanol–water partition coefficient (Wildman–Crippen LogP) is 14.4. The zero-order chi connectivity index (χ0) is 47.8. The number of hydrogen-bond acceptors (Lipinski definition) is 6. The van der Waals surface area contributed by atoms with Crippen LogP contribution >= 0.6 is 7.82 Å². The minimum absolute atomic E-state index is 0.00835. The van der Waals surface area contributed by atoms with Gasteiger partial charge in [-0.25, -0.2) is 0 Å². The lowest BCUT2D eigenvalue weighted by Gasteiger charge is -2.29. The van der Waals surface area contributed by atoms with Crippen LogP contribution in [0.3, 0.4) is 0 Å². The number of nitrogens with zero attached hydrogens (tertiary/aromatic N) is 1. The predicted molar refractivity (Wildman–Crippen MR) is 279 cm³/mol. The molecule has 3 unspecified atom stereocenters. The van der Waals surface area contributed by atoms with Crippen LogP contribution in [0.2, 0.25) is 0 Å². The van der Waals surface area contributed by atoms with Crippen molar-refractivity contribution in [3.63, 3.8) is 0 Å². The Balaban J connectivity index is 3.88. The van der Waals surface area contributed by atoms with Crippen molar-refractivity contribution in [2.24, 2.45) is 0 Å². The summed E-state index contributed by atoms with van der Waals surface area (Å²) in [6, 6.07) is -0.891. The maximum absolute atomic E-state index is 12.7. The van der Waals surface area contributed by atoms with Crippen molar-refractivity contribution < 1.29 is 32.9 Å². The summed E-state index contributed by atoms with van der Waals surface area (Å²) in [5, 5.41) is 13.5. The second-order valence-corrected chi connectivity index (χ2v) is 19.2. The number of unbranched alkanes of at least 4 members (excludes halogenated alkanes) is 13. The van der Waals surface area contributed by atoms with Gasteiger partial charge in [-0.15, -0.1) is 0 Å². The Kier molecular flexibility index (Phi) is 43.8. The molecule has 0 radical (unpaired) electrons. The third kappa shape index (κ3) is 48.6. The monoisotopic (exact) mass is 923 g/mol. The standard InChI is InChI=1S/C56H95N2O6P/c1-6-8-10-12-13-14-15-16-17-18-19-20-21-22-23-24-25-26-27-28-29-30-31-32-33-34-35-36-37-38-39-40-41-42-43-44-45-46-48-50-56(60)57-54(55(59)49-47-11-9-7-2)53-64-65(61,62)63-52-51-58(3,4)5/h8,10,13-14,16-17,19-20,22-23,25-26,28-29,31-32,34-35,47,49,54-55,59H,6-7,9,11-12,15,18,21,24,27,30,33,36-46,48,50-53H2,1-5H3,(H-,57,60,61,62)/b10-8-,14-13-,17-16-,20-19-,23-22-,26-25-,29-28-,32-31-,35-34-,49-47+. The van der Waals surface area contributed by atoms with E-state index in [9.17, 15) is 19.4 Å². The van der Waals surface area contributed by atoms with Gasteiger partial charge >= 0.3 is 0 Å². The highest BCUT2D eigenvalue weighted by molar-refractivity contribution is 7.45. The lowest BCUT2D eigenvalue weighted by Crippen LogP contribution is -2.45. The van der Waals surface area contributed by atoms with E-state index in [0.29, 0.717) is 17.4 Å². The van der Waals surface area contributed by atoms with Crippen LogP contribution in [0.25, 0.3) is 0 Å². The number of aliphatic hydroxyl groups excluding tert-OH is 1. The minimum Gasteiger partial charge on any atom is -0.756 e. The Morgan fingerprint density at radius 1 is 0.554 bits per heavy atom. The highest BCUT2D eigenvalue weighted by Gasteiger charge is 2.23. The van der Waals surface area contributed by atoms with Gasteiger partial charge in [0.1, 0.15) is 13.2 Å². The first-order valence-electron chi connectivity index (χ1n) is 25.4. The quantitative estimate of drug-likeness (QED) is 0.0273. The van der Waals surface area contributed by atoms with E-state index in [-0.39, 0.29) is 12.5 Å². The molecule has 2 N–H and O–H groups in total. The van der Waals surface area contributed by atoms with E-state index in [1.54, 1.807) is 6.08 Å². The van der Waals surface area contributed by atoms with Gasteiger partial charge in [0.05, 0.1) is 39.9 Å². The number of rotatable bonds is 44. The maximum atomic E-state index is 12.7. The van der Waals surface area contributed by atoms with Crippen LogP contribution in [0.4, 0.5) is 0 Å². The van der Waals surface area contributed by atoms with Gasteiger partial charge in [0.2, 0.25) is 5.91 Å². The third-order valence-electron chi connectivity index (χ3n) is 10.4.